The van der Waals surface area contributed by atoms with Crippen molar-refractivity contribution >= 4 is 0 Å². The number of hydrogen-bond acceptors (Lipinski definition) is 2. The summed E-state index contributed by atoms with van der Waals surface area (Å²) in [5.74, 6) is 1.61. The molecule has 0 aliphatic rings. The van der Waals surface area contributed by atoms with E-state index in [-0.39, 0.29) is 0 Å². The van der Waals surface area contributed by atoms with Crippen LogP contribution in [0.1, 0.15) is 22.3 Å². The fourth-order valence-electron chi connectivity index (χ4n) is 1.74. The quantitative estimate of drug-likeness (QED) is 0.781. The smallest absolute Gasteiger partial charge is 0.130 e. The summed E-state index contributed by atoms with van der Waals surface area (Å²) in [6, 6.07) is 13.6. The Morgan fingerprint density at radius 1 is 0.889 bits per heavy atom. The fraction of sp³-hybridized carbons (Fsp3) is 0.188. The Balaban J connectivity index is 2.29. The molecule has 0 saturated heterocycles. The van der Waals surface area contributed by atoms with Crippen LogP contribution >= 0.6 is 0 Å². The summed E-state index contributed by atoms with van der Waals surface area (Å²) >= 11 is 0. The lowest BCUT2D eigenvalue weighted by Gasteiger charge is -2.10. The van der Waals surface area contributed by atoms with Gasteiger partial charge >= 0.3 is 0 Å². The Kier molecular flexibility index (Phi) is 3.34. The van der Waals surface area contributed by atoms with Crippen LogP contribution in [-0.4, -0.2) is 0 Å². The van der Waals surface area contributed by atoms with Crippen LogP contribution in [0.2, 0.25) is 0 Å². The number of aryl methyl sites for hydroxylation is 3. The number of hydrogen-bond donors (Lipinski definition) is 0. The summed E-state index contributed by atoms with van der Waals surface area (Å²) in [5.41, 5.74) is 4.07. The predicted octanol–water partition coefficient (Wildman–Crippen LogP) is 4.28. The first kappa shape index (κ1) is 12.2. The van der Waals surface area contributed by atoms with Gasteiger partial charge in [-0.2, -0.15) is 5.26 Å². The van der Waals surface area contributed by atoms with Crippen LogP contribution in [0.15, 0.2) is 36.4 Å². The molecule has 0 aromatic heterocycles. The van der Waals surface area contributed by atoms with Crippen LogP contribution in [0, 0.1) is 32.1 Å². The Labute approximate surface area is 107 Å². The van der Waals surface area contributed by atoms with Gasteiger partial charge < -0.3 is 4.74 Å². The molecule has 2 nitrogen and oxygen atoms in total. The van der Waals surface area contributed by atoms with Crippen LogP contribution in [0.3, 0.4) is 0 Å². The Morgan fingerprint density at radius 3 is 2.28 bits per heavy atom. The molecular weight excluding hydrogens is 222 g/mol. The van der Waals surface area contributed by atoms with E-state index in [4.69, 9.17) is 10.00 Å². The monoisotopic (exact) mass is 237 g/mol. The van der Waals surface area contributed by atoms with Crippen LogP contribution in [0.4, 0.5) is 0 Å². The van der Waals surface area contributed by atoms with Gasteiger partial charge in [-0.1, -0.05) is 6.07 Å². The van der Waals surface area contributed by atoms with E-state index in [0.717, 1.165) is 17.1 Å². The number of nitriles is 1. The Hall–Kier alpha value is -2.27. The summed E-state index contributed by atoms with van der Waals surface area (Å²) in [4.78, 5) is 0. The summed E-state index contributed by atoms with van der Waals surface area (Å²) < 4.78 is 5.84. The molecule has 0 spiro atoms. The van der Waals surface area contributed by atoms with Crippen molar-refractivity contribution < 1.29 is 4.74 Å². The molecule has 0 aliphatic heterocycles. The largest absolute Gasteiger partial charge is 0.457 e. The Morgan fingerprint density at radius 2 is 1.67 bits per heavy atom. The van der Waals surface area contributed by atoms with E-state index >= 15 is 0 Å². The fourth-order valence-corrected chi connectivity index (χ4v) is 1.74. The average Bonchev–Trinajstić information content (AvgIpc) is 2.36. The third kappa shape index (κ3) is 2.52. The highest BCUT2D eigenvalue weighted by Gasteiger charge is 2.03. The van der Waals surface area contributed by atoms with Gasteiger partial charge in [-0.3, -0.25) is 0 Å². The molecular formula is C16H15NO. The van der Waals surface area contributed by atoms with Gasteiger partial charge in [0.15, 0.2) is 0 Å². The normalized spacial score (nSPS) is 9.89. The molecule has 18 heavy (non-hydrogen) atoms. The van der Waals surface area contributed by atoms with Crippen molar-refractivity contribution in [2.24, 2.45) is 0 Å². The number of rotatable bonds is 2. The van der Waals surface area contributed by atoms with Crippen LogP contribution in [0.5, 0.6) is 11.5 Å². The lowest BCUT2D eigenvalue weighted by molar-refractivity contribution is 0.478. The SMILES string of the molecule is Cc1ccc(Oc2ccc(C#N)cc2C)cc1C. The van der Waals surface area contributed by atoms with Gasteiger partial charge in [0.25, 0.3) is 0 Å². The number of benzene rings is 2. The van der Waals surface area contributed by atoms with Crippen molar-refractivity contribution in [3.05, 3.63) is 58.7 Å². The van der Waals surface area contributed by atoms with E-state index in [9.17, 15) is 0 Å². The maximum absolute atomic E-state index is 8.82. The zero-order valence-corrected chi connectivity index (χ0v) is 10.8. The summed E-state index contributed by atoms with van der Waals surface area (Å²) in [7, 11) is 0. The zero-order valence-electron chi connectivity index (χ0n) is 10.8. The maximum atomic E-state index is 8.82. The molecule has 90 valence electrons. The number of nitrogens with zero attached hydrogens (tertiary/aromatic N) is 1. The summed E-state index contributed by atoms with van der Waals surface area (Å²) in [5, 5.41) is 8.82. The molecule has 0 saturated carbocycles. The molecule has 0 fully saturated rings. The first-order chi connectivity index (χ1) is 8.60. The number of ether oxygens (including phenoxy) is 1. The third-order valence-corrected chi connectivity index (χ3v) is 3.01. The first-order valence-electron chi connectivity index (χ1n) is 5.86. The highest BCUT2D eigenvalue weighted by molar-refractivity contribution is 5.44. The molecule has 0 unspecified atom stereocenters. The van der Waals surface area contributed by atoms with Crippen molar-refractivity contribution in [1.82, 2.24) is 0 Å². The lowest BCUT2D eigenvalue weighted by Crippen LogP contribution is -1.90. The predicted molar refractivity (Wildman–Crippen MR) is 71.9 cm³/mol. The van der Waals surface area contributed by atoms with Crippen molar-refractivity contribution in [2.45, 2.75) is 20.8 Å². The third-order valence-electron chi connectivity index (χ3n) is 3.01. The second-order valence-electron chi connectivity index (χ2n) is 4.44. The van der Waals surface area contributed by atoms with E-state index < -0.39 is 0 Å². The molecule has 2 aromatic carbocycles. The molecule has 2 aromatic rings. The minimum Gasteiger partial charge on any atom is -0.457 e. The average molecular weight is 237 g/mol. The van der Waals surface area contributed by atoms with Crippen LogP contribution in [-0.2, 0) is 0 Å². The van der Waals surface area contributed by atoms with Crippen LogP contribution < -0.4 is 4.74 Å². The first-order valence-corrected chi connectivity index (χ1v) is 5.86. The van der Waals surface area contributed by atoms with Crippen molar-refractivity contribution in [3.8, 4) is 17.6 Å². The van der Waals surface area contributed by atoms with Gasteiger partial charge in [-0.25, -0.2) is 0 Å². The van der Waals surface area contributed by atoms with Crippen molar-refractivity contribution in [2.75, 3.05) is 0 Å². The van der Waals surface area contributed by atoms with E-state index in [1.165, 1.54) is 11.1 Å². The maximum Gasteiger partial charge on any atom is 0.130 e. The standard InChI is InChI=1S/C16H15NO/c1-11-4-6-15(9-12(11)2)18-16-7-5-14(10-17)8-13(16)3/h4-9H,1-3H3. The topological polar surface area (TPSA) is 33.0 Å². The molecule has 2 heteroatoms. The van der Waals surface area contributed by atoms with E-state index in [1.807, 2.05) is 37.3 Å². The van der Waals surface area contributed by atoms with Gasteiger partial charge in [-0.05, 0) is 67.8 Å². The minimum absolute atomic E-state index is 0.653. The minimum atomic E-state index is 0.653. The molecule has 0 radical (unpaired) electrons. The second kappa shape index (κ2) is 4.93. The Bertz CT molecular complexity index is 623. The van der Waals surface area contributed by atoms with Gasteiger partial charge in [0.1, 0.15) is 11.5 Å². The highest BCUT2D eigenvalue weighted by atomic mass is 16.5. The molecule has 0 atom stereocenters. The molecule has 0 aliphatic carbocycles. The van der Waals surface area contributed by atoms with Crippen molar-refractivity contribution in [1.29, 1.82) is 5.26 Å². The summed E-state index contributed by atoms with van der Waals surface area (Å²) in [6.45, 7) is 6.08. The van der Waals surface area contributed by atoms with Gasteiger partial charge in [0, 0.05) is 0 Å². The summed E-state index contributed by atoms with van der Waals surface area (Å²) in [6.07, 6.45) is 0. The molecule has 0 bridgehead atoms. The lowest BCUT2D eigenvalue weighted by atomic mass is 10.1. The van der Waals surface area contributed by atoms with Crippen LogP contribution in [0.25, 0.3) is 0 Å². The molecule has 0 N–H and O–H groups in total. The van der Waals surface area contributed by atoms with Gasteiger partial charge in [0.2, 0.25) is 0 Å². The molecule has 0 heterocycles. The second-order valence-corrected chi connectivity index (χ2v) is 4.44. The highest BCUT2D eigenvalue weighted by Crippen LogP contribution is 2.27. The van der Waals surface area contributed by atoms with E-state index in [0.29, 0.717) is 5.56 Å². The zero-order chi connectivity index (χ0) is 13.1. The van der Waals surface area contributed by atoms with Gasteiger partial charge in [-0.15, -0.1) is 0 Å². The van der Waals surface area contributed by atoms with Gasteiger partial charge in [0.05, 0.1) is 11.6 Å². The van der Waals surface area contributed by atoms with Crippen molar-refractivity contribution in [3.63, 3.8) is 0 Å². The van der Waals surface area contributed by atoms with E-state index in [2.05, 4.69) is 19.9 Å². The van der Waals surface area contributed by atoms with E-state index in [1.54, 1.807) is 6.07 Å². The molecule has 0 amide bonds. The molecule has 2 rings (SSSR count).